The van der Waals surface area contributed by atoms with E-state index in [1.54, 1.807) is 45.0 Å². The zero-order valence-electron chi connectivity index (χ0n) is 17.1. The van der Waals surface area contributed by atoms with Crippen molar-refractivity contribution >= 4 is 28.0 Å². The van der Waals surface area contributed by atoms with Gasteiger partial charge >= 0.3 is 12.1 Å². The number of likely N-dealkylation sites (tertiary alicyclic amines) is 1. The molecule has 0 spiro atoms. The van der Waals surface area contributed by atoms with Crippen molar-refractivity contribution in [2.75, 3.05) is 26.7 Å². The summed E-state index contributed by atoms with van der Waals surface area (Å²) in [5.41, 5.74) is -1.02. The summed E-state index contributed by atoms with van der Waals surface area (Å²) >= 11 is 3.36. The molecular formula is C20H27BrN2O6. The fourth-order valence-electron chi connectivity index (χ4n) is 3.76. The highest BCUT2D eigenvalue weighted by Crippen LogP contribution is 2.46. The molecule has 0 aromatic heterocycles. The fraction of sp³-hybridized carbons (Fsp3) is 0.600. The van der Waals surface area contributed by atoms with Gasteiger partial charge in [0.05, 0.1) is 18.4 Å². The van der Waals surface area contributed by atoms with E-state index in [4.69, 9.17) is 9.47 Å². The molecule has 1 unspecified atom stereocenters. The summed E-state index contributed by atoms with van der Waals surface area (Å²) in [6.07, 6.45) is 0.0616. The lowest BCUT2D eigenvalue weighted by molar-refractivity contribution is -0.486. The number of carbonyl (C=O) groups excluding carboxylic acids is 2. The van der Waals surface area contributed by atoms with Gasteiger partial charge in [0, 0.05) is 22.5 Å². The largest absolute Gasteiger partial charge is 0.469 e. The van der Waals surface area contributed by atoms with E-state index in [-0.39, 0.29) is 25.9 Å². The first-order chi connectivity index (χ1) is 13.5. The Bertz CT molecular complexity index is 751. The smallest absolute Gasteiger partial charge is 0.410 e. The number of rotatable bonds is 5. The Morgan fingerprint density at radius 1 is 1.24 bits per heavy atom. The molecule has 9 heteroatoms. The summed E-state index contributed by atoms with van der Waals surface area (Å²) in [4.78, 5) is 37.8. The second-order valence-corrected chi connectivity index (χ2v) is 9.15. The van der Waals surface area contributed by atoms with Crippen LogP contribution in [-0.2, 0) is 14.3 Å². The van der Waals surface area contributed by atoms with Crippen LogP contribution in [0.5, 0.6) is 0 Å². The zero-order chi connectivity index (χ0) is 21.8. The van der Waals surface area contributed by atoms with Crippen LogP contribution in [0, 0.1) is 15.5 Å². The van der Waals surface area contributed by atoms with Crippen LogP contribution in [0.4, 0.5) is 4.79 Å². The summed E-state index contributed by atoms with van der Waals surface area (Å²) in [6, 6.07) is 7.15. The van der Waals surface area contributed by atoms with Crippen molar-refractivity contribution in [3.05, 3.63) is 44.4 Å². The van der Waals surface area contributed by atoms with Crippen LogP contribution in [0.15, 0.2) is 28.7 Å². The molecule has 1 fully saturated rings. The van der Waals surface area contributed by atoms with E-state index >= 15 is 0 Å². The number of hydrogen-bond donors (Lipinski definition) is 0. The molecule has 1 aliphatic rings. The number of halogens is 1. The van der Waals surface area contributed by atoms with Gasteiger partial charge in [-0.15, -0.1) is 0 Å². The highest BCUT2D eigenvalue weighted by atomic mass is 79.9. The van der Waals surface area contributed by atoms with Gasteiger partial charge in [0.15, 0.2) is 0 Å². The van der Waals surface area contributed by atoms with Gasteiger partial charge in [-0.1, -0.05) is 28.1 Å². The van der Waals surface area contributed by atoms with E-state index in [9.17, 15) is 19.7 Å². The van der Waals surface area contributed by atoms with Gasteiger partial charge in [-0.3, -0.25) is 14.9 Å². The van der Waals surface area contributed by atoms with Crippen LogP contribution in [0.25, 0.3) is 0 Å². The Morgan fingerprint density at radius 3 is 2.24 bits per heavy atom. The first-order valence-corrected chi connectivity index (χ1v) is 10.2. The quantitative estimate of drug-likeness (QED) is 0.366. The van der Waals surface area contributed by atoms with Crippen molar-refractivity contribution in [2.45, 2.75) is 45.1 Å². The molecule has 1 amide bonds. The van der Waals surface area contributed by atoms with E-state index in [1.165, 1.54) is 12.0 Å². The van der Waals surface area contributed by atoms with E-state index in [0.717, 1.165) is 4.47 Å². The van der Waals surface area contributed by atoms with Gasteiger partial charge in [0.25, 0.3) is 0 Å². The number of piperidine rings is 1. The maximum atomic E-state index is 12.9. The van der Waals surface area contributed by atoms with Gasteiger partial charge < -0.3 is 14.4 Å². The van der Waals surface area contributed by atoms with Gasteiger partial charge in [0.2, 0.25) is 6.54 Å². The Kier molecular flexibility index (Phi) is 7.26. The number of nitrogens with zero attached hydrogens (tertiary/aromatic N) is 2. The van der Waals surface area contributed by atoms with Crippen molar-refractivity contribution in [1.29, 1.82) is 0 Å². The van der Waals surface area contributed by atoms with Gasteiger partial charge in [0.1, 0.15) is 5.60 Å². The molecule has 0 N–H and O–H groups in total. The topological polar surface area (TPSA) is 99.0 Å². The molecular weight excluding hydrogens is 444 g/mol. The Balaban J connectivity index is 2.33. The summed E-state index contributed by atoms with van der Waals surface area (Å²) in [5.74, 6) is -1.16. The molecule has 2 rings (SSSR count). The molecule has 0 saturated carbocycles. The normalized spacial score (nSPS) is 17.3. The lowest BCUT2D eigenvalue weighted by Gasteiger charge is -2.43. The molecule has 0 radical (unpaired) electrons. The predicted octanol–water partition coefficient (Wildman–Crippen LogP) is 4.00. The number of benzene rings is 1. The first-order valence-electron chi connectivity index (χ1n) is 9.42. The molecule has 1 heterocycles. The summed E-state index contributed by atoms with van der Waals surface area (Å²) in [6.45, 7) is 5.48. The number of hydrogen-bond acceptors (Lipinski definition) is 6. The molecule has 160 valence electrons. The third-order valence-electron chi connectivity index (χ3n) is 5.17. The maximum absolute atomic E-state index is 12.9. The molecule has 1 saturated heterocycles. The van der Waals surface area contributed by atoms with Crippen molar-refractivity contribution in [3.63, 3.8) is 0 Å². The van der Waals surface area contributed by atoms with Crippen molar-refractivity contribution in [3.8, 4) is 0 Å². The number of ether oxygens (including phenoxy) is 2. The Labute approximate surface area is 178 Å². The standard InChI is InChI=1S/C20H27BrN2O6/c1-19(2,3)29-18(25)22-11-9-20(10-12-22,17(24)28-4)16(13-23(26)27)14-5-7-15(21)8-6-14/h5-8,16H,9-13H2,1-4H3. The average Bonchev–Trinajstić information content (AvgIpc) is 2.65. The van der Waals surface area contributed by atoms with Crippen LogP contribution in [0.3, 0.4) is 0 Å². The lowest BCUT2D eigenvalue weighted by atomic mass is 9.66. The van der Waals surface area contributed by atoms with E-state index in [2.05, 4.69) is 15.9 Å². The third kappa shape index (κ3) is 5.68. The van der Waals surface area contributed by atoms with E-state index in [0.29, 0.717) is 5.56 Å². The molecule has 1 aliphatic heterocycles. The molecule has 1 aromatic rings. The third-order valence-corrected chi connectivity index (χ3v) is 5.70. The first kappa shape index (κ1) is 23.1. The number of carbonyl (C=O) groups is 2. The van der Waals surface area contributed by atoms with Gasteiger partial charge in [-0.2, -0.15) is 0 Å². The van der Waals surface area contributed by atoms with Crippen LogP contribution in [-0.4, -0.2) is 54.2 Å². The number of esters is 1. The number of amides is 1. The molecule has 29 heavy (non-hydrogen) atoms. The minimum atomic E-state index is -1.09. The van der Waals surface area contributed by atoms with Gasteiger partial charge in [-0.05, 0) is 51.3 Å². The summed E-state index contributed by atoms with van der Waals surface area (Å²) in [7, 11) is 1.29. The summed E-state index contributed by atoms with van der Waals surface area (Å²) in [5, 5.41) is 11.4. The van der Waals surface area contributed by atoms with E-state index in [1.807, 2.05) is 0 Å². The molecule has 1 aromatic carbocycles. The second kappa shape index (κ2) is 9.11. The van der Waals surface area contributed by atoms with Crippen LogP contribution < -0.4 is 0 Å². The maximum Gasteiger partial charge on any atom is 0.410 e. The highest BCUT2D eigenvalue weighted by molar-refractivity contribution is 9.10. The van der Waals surface area contributed by atoms with E-state index < -0.39 is 40.5 Å². The highest BCUT2D eigenvalue weighted by Gasteiger charge is 2.52. The second-order valence-electron chi connectivity index (χ2n) is 8.23. The Hall–Kier alpha value is -2.16. The van der Waals surface area contributed by atoms with Crippen molar-refractivity contribution in [2.24, 2.45) is 5.41 Å². The number of nitro groups is 1. The summed E-state index contributed by atoms with van der Waals surface area (Å²) < 4.78 is 11.3. The van der Waals surface area contributed by atoms with Crippen LogP contribution in [0.2, 0.25) is 0 Å². The fourth-order valence-corrected chi connectivity index (χ4v) is 4.02. The van der Waals surface area contributed by atoms with Crippen molar-refractivity contribution < 1.29 is 24.0 Å². The minimum Gasteiger partial charge on any atom is -0.469 e. The monoisotopic (exact) mass is 470 g/mol. The minimum absolute atomic E-state index is 0.257. The Morgan fingerprint density at radius 2 is 1.79 bits per heavy atom. The van der Waals surface area contributed by atoms with Crippen LogP contribution in [0.1, 0.15) is 45.1 Å². The zero-order valence-corrected chi connectivity index (χ0v) is 18.7. The lowest BCUT2D eigenvalue weighted by Crippen LogP contribution is -2.51. The molecule has 8 nitrogen and oxygen atoms in total. The molecule has 1 atom stereocenters. The van der Waals surface area contributed by atoms with Gasteiger partial charge in [-0.25, -0.2) is 4.79 Å². The average molecular weight is 471 g/mol. The number of methoxy groups -OCH3 is 1. The molecule has 0 aliphatic carbocycles. The molecule has 0 bridgehead atoms. The predicted molar refractivity (Wildman–Crippen MR) is 110 cm³/mol. The SMILES string of the molecule is COC(=O)C1(C(C[N+](=O)[O-])c2ccc(Br)cc2)CCN(C(=O)OC(C)(C)C)CC1. The van der Waals surface area contributed by atoms with Crippen LogP contribution >= 0.6 is 15.9 Å². The van der Waals surface area contributed by atoms with Crippen molar-refractivity contribution in [1.82, 2.24) is 4.90 Å².